The Balaban J connectivity index is 0.00000156. The lowest BCUT2D eigenvalue weighted by atomic mass is 9.97. The number of ether oxygens (including phenoxy) is 2. The van der Waals surface area contributed by atoms with E-state index in [4.69, 9.17) is 9.47 Å². The van der Waals surface area contributed by atoms with E-state index in [1.807, 2.05) is 32.2 Å². The molecule has 1 atom stereocenters. The van der Waals surface area contributed by atoms with Crippen LogP contribution in [0.3, 0.4) is 0 Å². The van der Waals surface area contributed by atoms with Crippen LogP contribution in [0.2, 0.25) is 0 Å². The summed E-state index contributed by atoms with van der Waals surface area (Å²) >= 11 is 0. The highest BCUT2D eigenvalue weighted by Crippen LogP contribution is 2.36. The molecule has 2 fully saturated rings. The molecule has 0 bridgehead atoms. The maximum absolute atomic E-state index is 12.0. The van der Waals surface area contributed by atoms with Gasteiger partial charge in [-0.05, 0) is 61.1 Å². The number of piperazine rings is 1. The topological polar surface area (TPSA) is 57.8 Å². The fourth-order valence-corrected chi connectivity index (χ4v) is 6.05. The molecule has 1 unspecified atom stereocenters. The number of nitrogens with one attached hydrogen (secondary N) is 1. The SMILES string of the molecule is CC.COC(=O)c1ccc(C2CN(CC3CCCC3)CCN2Cc2c(OC)cc(C)c3[nH]ccc23)cc1. The highest BCUT2D eigenvalue weighted by atomic mass is 16.5. The van der Waals surface area contributed by atoms with Gasteiger partial charge in [0.15, 0.2) is 0 Å². The van der Waals surface area contributed by atoms with Crippen molar-refractivity contribution in [1.82, 2.24) is 14.8 Å². The van der Waals surface area contributed by atoms with Gasteiger partial charge in [0, 0.05) is 61.4 Å². The predicted octanol–water partition coefficient (Wildman–Crippen LogP) is 6.35. The van der Waals surface area contributed by atoms with Crippen LogP contribution in [0.15, 0.2) is 42.6 Å². The van der Waals surface area contributed by atoms with Gasteiger partial charge in [0.05, 0.1) is 19.8 Å². The van der Waals surface area contributed by atoms with Crippen LogP contribution in [0, 0.1) is 12.8 Å². The normalized spacial score (nSPS) is 19.0. The van der Waals surface area contributed by atoms with Gasteiger partial charge in [-0.1, -0.05) is 38.8 Å². The first-order chi connectivity index (χ1) is 18.1. The lowest BCUT2D eigenvalue weighted by Crippen LogP contribution is -2.49. The Morgan fingerprint density at radius 2 is 1.78 bits per heavy atom. The number of benzene rings is 2. The van der Waals surface area contributed by atoms with Crippen LogP contribution < -0.4 is 4.74 Å². The molecule has 1 N–H and O–H groups in total. The van der Waals surface area contributed by atoms with E-state index in [9.17, 15) is 4.79 Å². The first kappa shape index (κ1) is 27.2. The number of aromatic nitrogens is 1. The van der Waals surface area contributed by atoms with Crippen molar-refractivity contribution in [2.75, 3.05) is 40.4 Å². The first-order valence-electron chi connectivity index (χ1n) is 13.9. The second-order valence-electron chi connectivity index (χ2n) is 10.2. The smallest absolute Gasteiger partial charge is 0.337 e. The molecule has 2 aromatic carbocycles. The predicted molar refractivity (Wildman–Crippen MR) is 150 cm³/mol. The average molecular weight is 506 g/mol. The van der Waals surface area contributed by atoms with E-state index in [1.165, 1.54) is 66.9 Å². The third kappa shape index (κ3) is 6.02. The van der Waals surface area contributed by atoms with Crippen LogP contribution in [0.1, 0.15) is 72.6 Å². The second kappa shape index (κ2) is 12.6. The first-order valence-corrected chi connectivity index (χ1v) is 13.9. The molecule has 0 radical (unpaired) electrons. The maximum atomic E-state index is 12.0. The average Bonchev–Trinajstić information content (AvgIpc) is 3.64. The molecule has 1 aromatic heterocycles. The Hall–Kier alpha value is -2.83. The Bertz CT molecular complexity index is 1160. The maximum Gasteiger partial charge on any atom is 0.337 e. The summed E-state index contributed by atoms with van der Waals surface area (Å²) < 4.78 is 10.8. The van der Waals surface area contributed by atoms with E-state index in [2.05, 4.69) is 46.0 Å². The van der Waals surface area contributed by atoms with E-state index in [-0.39, 0.29) is 12.0 Å². The zero-order valence-electron chi connectivity index (χ0n) is 23.2. The minimum absolute atomic E-state index is 0.247. The van der Waals surface area contributed by atoms with Crippen molar-refractivity contribution in [3.8, 4) is 5.75 Å². The largest absolute Gasteiger partial charge is 0.496 e. The molecule has 2 aliphatic rings. The number of methoxy groups -OCH3 is 2. The van der Waals surface area contributed by atoms with Crippen LogP contribution in [0.5, 0.6) is 5.75 Å². The van der Waals surface area contributed by atoms with Crippen LogP contribution >= 0.6 is 0 Å². The van der Waals surface area contributed by atoms with Crippen molar-refractivity contribution in [2.24, 2.45) is 5.92 Å². The summed E-state index contributed by atoms with van der Waals surface area (Å²) in [4.78, 5) is 20.6. The molecule has 5 rings (SSSR count). The van der Waals surface area contributed by atoms with Crippen LogP contribution in [-0.4, -0.2) is 61.2 Å². The standard InChI is InChI=1S/C29H37N3O3.C2H6/c1-20-16-27(34-2)25(24-12-13-30-28(20)24)18-32-15-14-31(17-21-6-4-5-7-21)19-26(32)22-8-10-23(11-9-22)29(33)35-3;1-2/h8-13,16,21,26,30H,4-7,14-15,17-19H2,1-3H3;1-2H3. The van der Waals surface area contributed by atoms with Gasteiger partial charge in [-0.2, -0.15) is 0 Å². The van der Waals surface area contributed by atoms with Crippen molar-refractivity contribution >= 4 is 16.9 Å². The van der Waals surface area contributed by atoms with Gasteiger partial charge >= 0.3 is 5.97 Å². The molecular formula is C31H43N3O3. The number of aryl methyl sites for hydroxylation is 1. The van der Waals surface area contributed by atoms with Crippen molar-refractivity contribution in [1.29, 1.82) is 0 Å². The van der Waals surface area contributed by atoms with Crippen molar-refractivity contribution in [2.45, 2.75) is 59.0 Å². The molecule has 0 amide bonds. The number of carbonyl (C=O) groups excluding carboxylic acids is 1. The molecule has 1 saturated carbocycles. The zero-order chi connectivity index (χ0) is 26.4. The molecule has 1 aliphatic carbocycles. The Kier molecular flexibility index (Phi) is 9.28. The quantitative estimate of drug-likeness (QED) is 0.379. The van der Waals surface area contributed by atoms with Crippen LogP contribution in [0.4, 0.5) is 0 Å². The zero-order valence-corrected chi connectivity index (χ0v) is 23.2. The van der Waals surface area contributed by atoms with Crippen molar-refractivity contribution < 1.29 is 14.3 Å². The number of hydrogen-bond acceptors (Lipinski definition) is 5. The van der Waals surface area contributed by atoms with E-state index in [0.717, 1.165) is 37.8 Å². The number of fused-ring (bicyclic) bond motifs is 1. The minimum atomic E-state index is -0.292. The fourth-order valence-electron chi connectivity index (χ4n) is 6.05. The Morgan fingerprint density at radius 3 is 2.46 bits per heavy atom. The summed E-state index contributed by atoms with van der Waals surface area (Å²) in [5.41, 5.74) is 5.44. The summed E-state index contributed by atoms with van der Waals surface area (Å²) in [7, 11) is 3.19. The number of esters is 1. The summed E-state index contributed by atoms with van der Waals surface area (Å²) in [6.07, 6.45) is 7.50. The molecule has 1 aliphatic heterocycles. The lowest BCUT2D eigenvalue weighted by Gasteiger charge is -2.43. The minimum Gasteiger partial charge on any atom is -0.496 e. The van der Waals surface area contributed by atoms with Crippen molar-refractivity contribution in [3.63, 3.8) is 0 Å². The van der Waals surface area contributed by atoms with E-state index in [0.29, 0.717) is 5.56 Å². The highest BCUT2D eigenvalue weighted by molar-refractivity contribution is 5.89. The molecule has 1 saturated heterocycles. The molecular weight excluding hydrogens is 462 g/mol. The van der Waals surface area contributed by atoms with Gasteiger partial charge < -0.3 is 14.5 Å². The Labute approximate surface area is 221 Å². The number of nitrogens with zero attached hydrogens (tertiary/aromatic N) is 2. The number of H-pyrrole nitrogens is 1. The summed E-state index contributed by atoms with van der Waals surface area (Å²) in [6, 6.07) is 12.5. The molecule has 2 heterocycles. The highest BCUT2D eigenvalue weighted by Gasteiger charge is 2.31. The monoisotopic (exact) mass is 505 g/mol. The fraction of sp³-hybridized carbons (Fsp3) is 0.516. The van der Waals surface area contributed by atoms with Crippen LogP contribution in [-0.2, 0) is 11.3 Å². The van der Waals surface area contributed by atoms with Gasteiger partial charge in [-0.15, -0.1) is 0 Å². The van der Waals surface area contributed by atoms with Gasteiger partial charge in [-0.3, -0.25) is 9.80 Å². The summed E-state index contributed by atoms with van der Waals surface area (Å²) in [5.74, 6) is 1.49. The lowest BCUT2D eigenvalue weighted by molar-refractivity contribution is 0.0583. The van der Waals surface area contributed by atoms with E-state index < -0.39 is 0 Å². The van der Waals surface area contributed by atoms with Crippen LogP contribution in [0.25, 0.3) is 10.9 Å². The molecule has 3 aromatic rings. The number of carbonyl (C=O) groups is 1. The number of rotatable bonds is 7. The molecule has 6 heteroatoms. The van der Waals surface area contributed by atoms with Gasteiger partial charge in [0.1, 0.15) is 5.75 Å². The molecule has 37 heavy (non-hydrogen) atoms. The second-order valence-corrected chi connectivity index (χ2v) is 10.2. The van der Waals surface area contributed by atoms with E-state index >= 15 is 0 Å². The molecule has 6 nitrogen and oxygen atoms in total. The van der Waals surface area contributed by atoms with Gasteiger partial charge in [0.25, 0.3) is 0 Å². The van der Waals surface area contributed by atoms with Crippen molar-refractivity contribution in [3.05, 3.63) is 64.8 Å². The Morgan fingerprint density at radius 1 is 1.05 bits per heavy atom. The molecule has 200 valence electrons. The summed E-state index contributed by atoms with van der Waals surface area (Å²) in [5, 5.41) is 1.23. The summed E-state index contributed by atoms with van der Waals surface area (Å²) in [6.45, 7) is 11.2. The van der Waals surface area contributed by atoms with E-state index in [1.54, 1.807) is 7.11 Å². The van der Waals surface area contributed by atoms with Gasteiger partial charge in [0.2, 0.25) is 0 Å². The number of aromatic amines is 1. The third-order valence-electron chi connectivity index (χ3n) is 7.98. The van der Waals surface area contributed by atoms with Gasteiger partial charge in [-0.25, -0.2) is 4.79 Å². The molecule has 0 spiro atoms. The number of hydrogen-bond donors (Lipinski definition) is 1. The third-order valence-corrected chi connectivity index (χ3v) is 7.98.